The minimum Gasteiger partial charge on any atom is -0.462 e. The van der Waals surface area contributed by atoms with Gasteiger partial charge >= 0.3 is 5.97 Å². The highest BCUT2D eigenvalue weighted by Crippen LogP contribution is 2.25. The van der Waals surface area contributed by atoms with E-state index in [4.69, 9.17) is 10.5 Å². The predicted molar refractivity (Wildman–Crippen MR) is 110 cm³/mol. The van der Waals surface area contributed by atoms with E-state index in [2.05, 4.69) is 26.1 Å². The highest BCUT2D eigenvalue weighted by molar-refractivity contribution is 5.95. The summed E-state index contributed by atoms with van der Waals surface area (Å²) >= 11 is 0. The maximum atomic E-state index is 13.0. The van der Waals surface area contributed by atoms with Gasteiger partial charge in [0.05, 0.1) is 12.2 Å². The summed E-state index contributed by atoms with van der Waals surface area (Å²) in [5.74, 6) is -0.955. The van der Waals surface area contributed by atoms with Crippen molar-refractivity contribution in [2.24, 2.45) is 0 Å². The average molecular weight is 410 g/mol. The summed E-state index contributed by atoms with van der Waals surface area (Å²) in [4.78, 5) is 32.1. The van der Waals surface area contributed by atoms with Gasteiger partial charge in [-0.25, -0.2) is 19.2 Å². The molecule has 0 radical (unpaired) electrons. The number of benzene rings is 2. The third-order valence-corrected chi connectivity index (χ3v) is 3.92. The van der Waals surface area contributed by atoms with E-state index in [1.165, 1.54) is 30.6 Å². The molecule has 1 amide bonds. The number of rotatable bonds is 7. The van der Waals surface area contributed by atoms with Gasteiger partial charge in [-0.15, -0.1) is 0 Å². The molecule has 0 atom stereocenters. The molecule has 10 heteroatoms. The molecule has 0 bridgehead atoms. The number of amides is 1. The number of hydrogen-bond acceptors (Lipinski definition) is 8. The Balaban J connectivity index is 1.70. The van der Waals surface area contributed by atoms with Gasteiger partial charge in [-0.1, -0.05) is 6.07 Å². The van der Waals surface area contributed by atoms with Gasteiger partial charge in [0, 0.05) is 11.3 Å². The third-order valence-electron chi connectivity index (χ3n) is 3.92. The lowest BCUT2D eigenvalue weighted by molar-refractivity contribution is 0.0526. The minimum atomic E-state index is -0.496. The van der Waals surface area contributed by atoms with Crippen LogP contribution in [0.3, 0.4) is 0 Å². The molecule has 0 aliphatic heterocycles. The van der Waals surface area contributed by atoms with Gasteiger partial charge in [-0.3, -0.25) is 15.6 Å². The monoisotopic (exact) mass is 410 g/mol. The Morgan fingerprint density at radius 1 is 1.07 bits per heavy atom. The highest BCUT2D eigenvalue weighted by Gasteiger charge is 2.12. The van der Waals surface area contributed by atoms with Crippen molar-refractivity contribution >= 4 is 34.9 Å². The van der Waals surface area contributed by atoms with Gasteiger partial charge < -0.3 is 15.8 Å². The van der Waals surface area contributed by atoms with Crippen LogP contribution in [0.1, 0.15) is 27.6 Å². The Hall–Kier alpha value is -4.21. The standard InChI is InChI=1S/C20H19FN6O3/c1-2-30-20(29)13-4-3-5-15(10-13)25-17-16(22)18(24-11-23-17)26-27-19(28)12-6-8-14(21)9-7-12/h3-11H,2,22H2,1H3,(H,27,28)(H2,23,24,25,26). The lowest BCUT2D eigenvalue weighted by Crippen LogP contribution is -2.30. The molecule has 0 fully saturated rings. The van der Waals surface area contributed by atoms with Crippen molar-refractivity contribution in [3.8, 4) is 0 Å². The summed E-state index contributed by atoms with van der Waals surface area (Å²) in [6, 6.07) is 11.7. The van der Waals surface area contributed by atoms with Crippen molar-refractivity contribution in [1.82, 2.24) is 15.4 Å². The van der Waals surface area contributed by atoms with Crippen molar-refractivity contribution < 1.29 is 18.7 Å². The smallest absolute Gasteiger partial charge is 0.338 e. The van der Waals surface area contributed by atoms with E-state index in [-0.39, 0.29) is 29.5 Å². The molecule has 0 spiro atoms. The number of esters is 1. The van der Waals surface area contributed by atoms with Crippen LogP contribution >= 0.6 is 0 Å². The van der Waals surface area contributed by atoms with Gasteiger partial charge in [0.1, 0.15) is 17.8 Å². The van der Waals surface area contributed by atoms with Crippen molar-refractivity contribution in [3.05, 3.63) is 71.8 Å². The normalized spacial score (nSPS) is 10.2. The largest absolute Gasteiger partial charge is 0.462 e. The number of anilines is 4. The van der Waals surface area contributed by atoms with Crippen LogP contribution in [-0.4, -0.2) is 28.5 Å². The number of hydrazine groups is 1. The van der Waals surface area contributed by atoms with Gasteiger partial charge in [-0.2, -0.15) is 0 Å². The fourth-order valence-electron chi connectivity index (χ4n) is 2.46. The Bertz CT molecular complexity index is 1060. The van der Waals surface area contributed by atoms with E-state index >= 15 is 0 Å². The molecule has 1 aromatic heterocycles. The Morgan fingerprint density at radius 2 is 1.80 bits per heavy atom. The van der Waals surface area contributed by atoms with Crippen LogP contribution in [0.2, 0.25) is 0 Å². The summed E-state index contributed by atoms with van der Waals surface area (Å²) in [5.41, 5.74) is 12.5. The minimum absolute atomic E-state index is 0.137. The summed E-state index contributed by atoms with van der Waals surface area (Å²) < 4.78 is 18.0. The van der Waals surface area contributed by atoms with Crippen molar-refractivity contribution in [2.75, 3.05) is 23.1 Å². The molecule has 5 N–H and O–H groups in total. The van der Waals surface area contributed by atoms with Crippen molar-refractivity contribution in [3.63, 3.8) is 0 Å². The second-order valence-electron chi connectivity index (χ2n) is 6.00. The molecule has 0 saturated carbocycles. The van der Waals surface area contributed by atoms with Crippen LogP contribution in [0, 0.1) is 5.82 Å². The maximum absolute atomic E-state index is 13.0. The predicted octanol–water partition coefficient (Wildman–Crippen LogP) is 2.88. The second kappa shape index (κ2) is 9.32. The van der Waals surface area contributed by atoms with E-state index in [0.29, 0.717) is 11.3 Å². The number of ether oxygens (including phenoxy) is 1. The lowest BCUT2D eigenvalue weighted by atomic mass is 10.2. The topological polar surface area (TPSA) is 131 Å². The van der Waals surface area contributed by atoms with Gasteiger partial charge in [0.15, 0.2) is 11.6 Å². The number of aromatic nitrogens is 2. The maximum Gasteiger partial charge on any atom is 0.338 e. The number of hydrogen-bond donors (Lipinski definition) is 4. The first-order valence-corrected chi connectivity index (χ1v) is 8.94. The molecule has 0 unspecified atom stereocenters. The fourth-order valence-corrected chi connectivity index (χ4v) is 2.46. The molecule has 0 aliphatic rings. The molecular formula is C20H19FN6O3. The first-order chi connectivity index (χ1) is 14.5. The van der Waals surface area contributed by atoms with Crippen LogP contribution in [0.25, 0.3) is 0 Å². The molecule has 2 aromatic carbocycles. The second-order valence-corrected chi connectivity index (χ2v) is 6.00. The number of nitrogens with zero attached hydrogens (tertiary/aromatic N) is 2. The number of halogens is 1. The highest BCUT2D eigenvalue weighted by atomic mass is 19.1. The zero-order valence-corrected chi connectivity index (χ0v) is 16.0. The number of carbonyl (C=O) groups is 2. The van der Waals surface area contributed by atoms with Gasteiger partial charge in [-0.05, 0) is 49.4 Å². The summed E-state index contributed by atoms with van der Waals surface area (Å²) in [7, 11) is 0. The van der Waals surface area contributed by atoms with Crippen LogP contribution in [0.4, 0.5) is 27.4 Å². The quantitative estimate of drug-likeness (QED) is 0.345. The molecular weight excluding hydrogens is 391 g/mol. The summed E-state index contributed by atoms with van der Waals surface area (Å²) in [6.07, 6.45) is 1.25. The van der Waals surface area contributed by atoms with E-state index in [1.54, 1.807) is 31.2 Å². The molecule has 9 nitrogen and oxygen atoms in total. The first kappa shape index (κ1) is 20.5. The molecule has 154 valence electrons. The zero-order valence-electron chi connectivity index (χ0n) is 16.0. The molecule has 30 heavy (non-hydrogen) atoms. The lowest BCUT2D eigenvalue weighted by Gasteiger charge is -2.13. The van der Waals surface area contributed by atoms with E-state index < -0.39 is 17.7 Å². The summed E-state index contributed by atoms with van der Waals surface area (Å²) in [5, 5.41) is 3.00. The van der Waals surface area contributed by atoms with Crippen LogP contribution < -0.4 is 21.9 Å². The van der Waals surface area contributed by atoms with Gasteiger partial charge in [0.25, 0.3) is 5.91 Å². The summed E-state index contributed by atoms with van der Waals surface area (Å²) in [6.45, 7) is 2.00. The van der Waals surface area contributed by atoms with E-state index in [9.17, 15) is 14.0 Å². The molecule has 1 heterocycles. The first-order valence-electron chi connectivity index (χ1n) is 8.94. The Kier molecular flexibility index (Phi) is 6.38. The van der Waals surface area contributed by atoms with E-state index in [1.807, 2.05) is 0 Å². The van der Waals surface area contributed by atoms with Gasteiger partial charge in [0.2, 0.25) is 0 Å². The zero-order chi connectivity index (χ0) is 21.5. The molecule has 3 aromatic rings. The SMILES string of the molecule is CCOC(=O)c1cccc(Nc2ncnc(NNC(=O)c3ccc(F)cc3)c2N)c1. The number of nitrogens with two attached hydrogens (primary N) is 1. The average Bonchev–Trinajstić information content (AvgIpc) is 2.75. The molecule has 3 rings (SSSR count). The van der Waals surface area contributed by atoms with Crippen LogP contribution in [0.15, 0.2) is 54.9 Å². The molecule has 0 aliphatic carbocycles. The van der Waals surface area contributed by atoms with Crippen LogP contribution in [0.5, 0.6) is 0 Å². The third kappa shape index (κ3) is 4.98. The number of nitrogens with one attached hydrogen (secondary N) is 3. The number of nitrogen functional groups attached to an aromatic ring is 1. The van der Waals surface area contributed by atoms with Crippen molar-refractivity contribution in [1.29, 1.82) is 0 Å². The van der Waals surface area contributed by atoms with E-state index in [0.717, 1.165) is 0 Å². The Morgan fingerprint density at radius 3 is 2.53 bits per heavy atom. The number of carbonyl (C=O) groups excluding carboxylic acids is 2. The fraction of sp³-hybridized carbons (Fsp3) is 0.100. The van der Waals surface area contributed by atoms with Crippen molar-refractivity contribution in [2.45, 2.75) is 6.92 Å². The Labute approximate surface area is 171 Å². The molecule has 0 saturated heterocycles. The van der Waals surface area contributed by atoms with Crippen LogP contribution in [-0.2, 0) is 4.74 Å².